The summed E-state index contributed by atoms with van der Waals surface area (Å²) < 4.78 is 8.06. The Labute approximate surface area is 155 Å². The van der Waals surface area contributed by atoms with Gasteiger partial charge in [0.1, 0.15) is 5.60 Å². The van der Waals surface area contributed by atoms with Gasteiger partial charge in [-0.1, -0.05) is 0 Å². The molecule has 3 heterocycles. The van der Waals surface area contributed by atoms with Gasteiger partial charge in [0, 0.05) is 37.6 Å². The zero-order valence-corrected chi connectivity index (χ0v) is 16.2. The summed E-state index contributed by atoms with van der Waals surface area (Å²) in [7, 11) is 0. The molecule has 3 rings (SSSR count). The van der Waals surface area contributed by atoms with E-state index in [4.69, 9.17) is 4.74 Å². The highest BCUT2D eigenvalue weighted by Crippen LogP contribution is 2.29. The molecule has 1 fully saturated rings. The highest BCUT2D eigenvalue weighted by molar-refractivity contribution is 9.10. The van der Waals surface area contributed by atoms with Crippen LogP contribution in [-0.4, -0.2) is 49.4 Å². The van der Waals surface area contributed by atoms with Gasteiger partial charge in [-0.3, -0.25) is 0 Å². The van der Waals surface area contributed by atoms with Crippen LogP contribution in [0.3, 0.4) is 0 Å². The normalized spacial score (nSPS) is 16.1. The molecule has 25 heavy (non-hydrogen) atoms. The molecule has 0 aromatic carbocycles. The molecule has 0 spiro atoms. The van der Waals surface area contributed by atoms with Crippen molar-refractivity contribution in [3.63, 3.8) is 0 Å². The van der Waals surface area contributed by atoms with E-state index in [0.29, 0.717) is 25.0 Å². The fourth-order valence-electron chi connectivity index (χ4n) is 2.89. The summed E-state index contributed by atoms with van der Waals surface area (Å²) in [6.07, 6.45) is 6.66. The lowest BCUT2D eigenvalue weighted by Gasteiger charge is -2.33. The molecule has 7 nitrogen and oxygen atoms in total. The maximum atomic E-state index is 12.2. The van der Waals surface area contributed by atoms with E-state index in [2.05, 4.69) is 31.0 Å². The molecule has 0 saturated carbocycles. The first-order chi connectivity index (χ1) is 11.8. The number of hydrogen-bond acceptors (Lipinski definition) is 5. The van der Waals surface area contributed by atoms with Crippen molar-refractivity contribution in [3.8, 4) is 5.95 Å². The number of likely N-dealkylation sites (tertiary alicyclic amines) is 1. The molecule has 1 saturated heterocycles. The van der Waals surface area contributed by atoms with Crippen LogP contribution in [0.2, 0.25) is 0 Å². The minimum Gasteiger partial charge on any atom is -0.444 e. The standard InChI is InChI=1S/C17H22BrN5O2/c1-17(2,3)25-16(24)22-8-5-12(6-9-22)14-4-7-21-23(14)15-19-10-13(18)11-20-15/h4,7,10-12H,5-6,8-9H2,1-3H3. The maximum Gasteiger partial charge on any atom is 0.410 e. The van der Waals surface area contributed by atoms with E-state index >= 15 is 0 Å². The number of aromatic nitrogens is 4. The Kier molecular flexibility index (Phi) is 5.08. The molecule has 0 atom stereocenters. The van der Waals surface area contributed by atoms with Gasteiger partial charge in [0.25, 0.3) is 5.95 Å². The summed E-state index contributed by atoms with van der Waals surface area (Å²) >= 11 is 3.34. The van der Waals surface area contributed by atoms with E-state index in [0.717, 1.165) is 23.0 Å². The van der Waals surface area contributed by atoms with E-state index in [-0.39, 0.29) is 6.09 Å². The summed E-state index contributed by atoms with van der Waals surface area (Å²) in [6.45, 7) is 7.00. The van der Waals surface area contributed by atoms with Crippen LogP contribution < -0.4 is 0 Å². The molecule has 1 aliphatic heterocycles. The molecule has 0 radical (unpaired) electrons. The van der Waals surface area contributed by atoms with Crippen LogP contribution in [0.5, 0.6) is 0 Å². The molecule has 2 aromatic heterocycles. The number of hydrogen-bond donors (Lipinski definition) is 0. The third-order valence-corrected chi connectivity index (χ3v) is 4.44. The summed E-state index contributed by atoms with van der Waals surface area (Å²) in [5.74, 6) is 0.867. The number of piperidine rings is 1. The second kappa shape index (κ2) is 7.11. The van der Waals surface area contributed by atoms with Crippen LogP contribution >= 0.6 is 15.9 Å². The Morgan fingerprint density at radius 2 is 1.88 bits per heavy atom. The lowest BCUT2D eigenvalue weighted by Crippen LogP contribution is -2.41. The first-order valence-corrected chi connectivity index (χ1v) is 9.12. The zero-order valence-electron chi connectivity index (χ0n) is 14.6. The monoisotopic (exact) mass is 407 g/mol. The first-order valence-electron chi connectivity index (χ1n) is 8.33. The van der Waals surface area contributed by atoms with Crippen molar-refractivity contribution in [1.29, 1.82) is 0 Å². The second-order valence-corrected chi connectivity index (χ2v) is 8.03. The third kappa shape index (κ3) is 4.36. The van der Waals surface area contributed by atoms with Crippen LogP contribution in [0.4, 0.5) is 4.79 Å². The minimum absolute atomic E-state index is 0.240. The summed E-state index contributed by atoms with van der Waals surface area (Å²) in [5, 5.41) is 4.37. The molecule has 0 aliphatic carbocycles. The zero-order chi connectivity index (χ0) is 18.0. The predicted molar refractivity (Wildman–Crippen MR) is 96.6 cm³/mol. The average molecular weight is 408 g/mol. The quantitative estimate of drug-likeness (QED) is 0.760. The molecule has 2 aromatic rings. The van der Waals surface area contributed by atoms with Gasteiger partial charge in [0.15, 0.2) is 0 Å². The number of nitrogens with zero attached hydrogens (tertiary/aromatic N) is 5. The van der Waals surface area contributed by atoms with Crippen molar-refractivity contribution in [2.24, 2.45) is 0 Å². The molecule has 134 valence electrons. The van der Waals surface area contributed by atoms with Crippen LogP contribution in [0.25, 0.3) is 5.95 Å². The molecule has 0 unspecified atom stereocenters. The number of halogens is 1. The Bertz CT molecular complexity index is 730. The largest absolute Gasteiger partial charge is 0.444 e. The smallest absolute Gasteiger partial charge is 0.410 e. The average Bonchev–Trinajstić information content (AvgIpc) is 3.04. The Balaban J connectivity index is 1.67. The predicted octanol–water partition coefficient (Wildman–Crippen LogP) is 3.54. The number of rotatable bonds is 2. The van der Waals surface area contributed by atoms with Gasteiger partial charge >= 0.3 is 6.09 Å². The summed E-state index contributed by atoms with van der Waals surface area (Å²) in [5.41, 5.74) is 0.608. The Hall–Kier alpha value is -1.96. The van der Waals surface area contributed by atoms with Crippen molar-refractivity contribution in [1.82, 2.24) is 24.6 Å². The van der Waals surface area contributed by atoms with Crippen molar-refractivity contribution in [2.75, 3.05) is 13.1 Å². The van der Waals surface area contributed by atoms with Gasteiger partial charge in [-0.15, -0.1) is 0 Å². The fraction of sp³-hybridized carbons (Fsp3) is 0.529. The molecule has 8 heteroatoms. The van der Waals surface area contributed by atoms with Crippen LogP contribution in [0.1, 0.15) is 45.2 Å². The number of carbonyl (C=O) groups excluding carboxylic acids is 1. The van der Waals surface area contributed by atoms with E-state index in [1.807, 2.05) is 26.8 Å². The topological polar surface area (TPSA) is 73.1 Å². The SMILES string of the molecule is CC(C)(C)OC(=O)N1CCC(c2ccnn2-c2ncc(Br)cn2)CC1. The van der Waals surface area contributed by atoms with Crippen molar-refractivity contribution < 1.29 is 9.53 Å². The Morgan fingerprint density at radius 1 is 1.24 bits per heavy atom. The first kappa shape index (κ1) is 17.8. The van der Waals surface area contributed by atoms with Crippen LogP contribution in [0, 0.1) is 0 Å². The van der Waals surface area contributed by atoms with Gasteiger partial charge < -0.3 is 9.64 Å². The van der Waals surface area contributed by atoms with Crippen LogP contribution in [0.15, 0.2) is 29.1 Å². The van der Waals surface area contributed by atoms with Gasteiger partial charge in [0.05, 0.1) is 10.2 Å². The number of amides is 1. The van der Waals surface area contributed by atoms with E-state index in [1.165, 1.54) is 0 Å². The molecule has 1 aliphatic rings. The highest BCUT2D eigenvalue weighted by atomic mass is 79.9. The van der Waals surface area contributed by atoms with Crippen molar-refractivity contribution in [3.05, 3.63) is 34.8 Å². The highest BCUT2D eigenvalue weighted by Gasteiger charge is 2.29. The Morgan fingerprint density at radius 3 is 2.48 bits per heavy atom. The second-order valence-electron chi connectivity index (χ2n) is 7.11. The molecule has 1 amide bonds. The van der Waals surface area contributed by atoms with E-state index in [9.17, 15) is 4.79 Å². The number of ether oxygens (including phenoxy) is 1. The van der Waals surface area contributed by atoms with Gasteiger partial charge in [-0.25, -0.2) is 19.4 Å². The molecule has 0 bridgehead atoms. The van der Waals surface area contributed by atoms with Crippen LogP contribution in [-0.2, 0) is 4.74 Å². The summed E-state index contributed by atoms with van der Waals surface area (Å²) in [4.78, 5) is 22.6. The maximum absolute atomic E-state index is 12.2. The lowest BCUT2D eigenvalue weighted by molar-refractivity contribution is 0.0203. The van der Waals surface area contributed by atoms with Crippen molar-refractivity contribution in [2.45, 2.75) is 45.1 Å². The summed E-state index contributed by atoms with van der Waals surface area (Å²) in [6, 6.07) is 2.00. The molecule has 0 N–H and O–H groups in total. The van der Waals surface area contributed by atoms with E-state index in [1.54, 1.807) is 28.2 Å². The van der Waals surface area contributed by atoms with Gasteiger partial charge in [-0.05, 0) is 55.6 Å². The fourth-order valence-corrected chi connectivity index (χ4v) is 3.09. The lowest BCUT2D eigenvalue weighted by atomic mass is 9.93. The minimum atomic E-state index is -0.467. The number of carbonyl (C=O) groups is 1. The van der Waals surface area contributed by atoms with Crippen molar-refractivity contribution >= 4 is 22.0 Å². The molecular formula is C17H22BrN5O2. The molecular weight excluding hydrogens is 386 g/mol. The van der Waals surface area contributed by atoms with Gasteiger partial charge in [-0.2, -0.15) is 5.10 Å². The van der Waals surface area contributed by atoms with E-state index < -0.39 is 5.60 Å². The van der Waals surface area contributed by atoms with Gasteiger partial charge in [0.2, 0.25) is 0 Å². The third-order valence-electron chi connectivity index (χ3n) is 4.03.